The molecule has 5 heteroatoms. The highest BCUT2D eigenvalue weighted by atomic mass is 35.5. The van der Waals surface area contributed by atoms with Crippen molar-refractivity contribution in [3.05, 3.63) is 39.6 Å². The van der Waals surface area contributed by atoms with E-state index in [0.717, 1.165) is 42.6 Å². The highest BCUT2D eigenvalue weighted by Crippen LogP contribution is 2.44. The summed E-state index contributed by atoms with van der Waals surface area (Å²) in [6.45, 7) is 6.70. The Morgan fingerprint density at radius 1 is 1.36 bits per heavy atom. The van der Waals surface area contributed by atoms with Gasteiger partial charge in [0.25, 0.3) is 5.91 Å². The fourth-order valence-electron chi connectivity index (χ4n) is 4.09. The molecule has 0 bridgehead atoms. The number of nitrogens with one attached hydrogen (secondary N) is 1. The molecule has 136 valence electrons. The molecule has 1 aromatic carbocycles. The van der Waals surface area contributed by atoms with Crippen LogP contribution < -0.4 is 5.32 Å². The van der Waals surface area contributed by atoms with Crippen molar-refractivity contribution in [3.8, 4) is 0 Å². The van der Waals surface area contributed by atoms with Crippen molar-refractivity contribution < 1.29 is 14.6 Å². The van der Waals surface area contributed by atoms with Gasteiger partial charge >= 0.3 is 0 Å². The zero-order chi connectivity index (χ0) is 18.2. The quantitative estimate of drug-likeness (QED) is 0.759. The summed E-state index contributed by atoms with van der Waals surface area (Å²) in [6, 6.07) is 3.65. The van der Waals surface area contributed by atoms with Gasteiger partial charge in [-0.15, -0.1) is 0 Å². The lowest BCUT2D eigenvalue weighted by Gasteiger charge is -2.24. The first-order chi connectivity index (χ1) is 11.9. The third kappa shape index (κ3) is 3.30. The van der Waals surface area contributed by atoms with Crippen LogP contribution in [0.25, 0.3) is 5.57 Å². The van der Waals surface area contributed by atoms with Crippen LogP contribution in [-0.4, -0.2) is 29.3 Å². The number of aliphatic hydroxyl groups is 1. The number of carbonyl (C=O) groups is 1. The number of benzene rings is 1. The summed E-state index contributed by atoms with van der Waals surface area (Å²) in [5.74, 6) is -0.0483. The summed E-state index contributed by atoms with van der Waals surface area (Å²) < 4.78 is 5.92. The Morgan fingerprint density at radius 2 is 2.04 bits per heavy atom. The second-order valence-electron chi connectivity index (χ2n) is 7.26. The van der Waals surface area contributed by atoms with E-state index in [2.05, 4.69) is 12.2 Å². The smallest absolute Gasteiger partial charge is 0.256 e. The van der Waals surface area contributed by atoms with Crippen molar-refractivity contribution in [2.75, 3.05) is 6.61 Å². The van der Waals surface area contributed by atoms with Gasteiger partial charge in [0.1, 0.15) is 11.3 Å². The molecule has 2 unspecified atom stereocenters. The van der Waals surface area contributed by atoms with Crippen molar-refractivity contribution in [2.24, 2.45) is 0 Å². The predicted molar refractivity (Wildman–Crippen MR) is 99.8 cm³/mol. The van der Waals surface area contributed by atoms with E-state index in [4.69, 9.17) is 16.3 Å². The minimum atomic E-state index is -0.679. The van der Waals surface area contributed by atoms with Gasteiger partial charge in [-0.25, -0.2) is 0 Å². The first-order valence-corrected chi connectivity index (χ1v) is 9.40. The Kier molecular flexibility index (Phi) is 5.12. The van der Waals surface area contributed by atoms with Crippen LogP contribution in [0, 0.1) is 13.8 Å². The van der Waals surface area contributed by atoms with Gasteiger partial charge in [-0.05, 0) is 61.9 Å². The molecule has 1 heterocycles. The lowest BCUT2D eigenvalue weighted by molar-refractivity contribution is -0.116. The molecule has 1 aliphatic heterocycles. The maximum atomic E-state index is 12.7. The summed E-state index contributed by atoms with van der Waals surface area (Å²) in [7, 11) is 0. The molecule has 4 nitrogen and oxygen atoms in total. The number of aryl methyl sites for hydroxylation is 2. The highest BCUT2D eigenvalue weighted by Gasteiger charge is 2.51. The van der Waals surface area contributed by atoms with Crippen LogP contribution in [-0.2, 0) is 9.53 Å². The second kappa shape index (κ2) is 7.00. The molecule has 0 saturated heterocycles. The van der Waals surface area contributed by atoms with E-state index < -0.39 is 5.54 Å². The lowest BCUT2D eigenvalue weighted by atomic mass is 9.90. The summed E-state index contributed by atoms with van der Waals surface area (Å²) in [6.07, 6.45) is 4.39. The zero-order valence-corrected chi connectivity index (χ0v) is 15.9. The van der Waals surface area contributed by atoms with Crippen molar-refractivity contribution in [2.45, 2.75) is 64.5 Å². The molecule has 1 fully saturated rings. The van der Waals surface area contributed by atoms with E-state index in [9.17, 15) is 9.90 Å². The van der Waals surface area contributed by atoms with Gasteiger partial charge < -0.3 is 15.2 Å². The second-order valence-corrected chi connectivity index (χ2v) is 7.70. The molecule has 25 heavy (non-hydrogen) atoms. The number of unbranched alkanes of at least 4 members (excludes halogenated alkanes) is 1. The maximum Gasteiger partial charge on any atom is 0.256 e. The van der Waals surface area contributed by atoms with Crippen LogP contribution >= 0.6 is 11.6 Å². The average molecular weight is 364 g/mol. The molecule has 1 aromatic rings. The molecule has 2 aliphatic rings. The number of aliphatic hydroxyl groups excluding tert-OH is 1. The maximum absolute atomic E-state index is 12.7. The largest absolute Gasteiger partial charge is 0.509 e. The minimum Gasteiger partial charge on any atom is -0.509 e. The fourth-order valence-corrected chi connectivity index (χ4v) is 4.42. The van der Waals surface area contributed by atoms with E-state index >= 15 is 0 Å². The zero-order valence-electron chi connectivity index (χ0n) is 15.1. The normalized spacial score (nSPS) is 25.9. The SMILES string of the molecule is CCCCOC1CCC2(C1)NC(=O)C(c1c(C)cc(Cl)cc1C)=C2O. The first kappa shape index (κ1) is 18.3. The number of hydrogen-bond donors (Lipinski definition) is 2. The molecule has 2 N–H and O–H groups in total. The van der Waals surface area contributed by atoms with E-state index in [-0.39, 0.29) is 17.8 Å². The molecule has 1 saturated carbocycles. The topological polar surface area (TPSA) is 58.6 Å². The van der Waals surface area contributed by atoms with Crippen molar-refractivity contribution in [1.29, 1.82) is 0 Å². The van der Waals surface area contributed by atoms with Gasteiger partial charge in [0, 0.05) is 18.1 Å². The van der Waals surface area contributed by atoms with E-state index in [1.54, 1.807) is 0 Å². The fraction of sp³-hybridized carbons (Fsp3) is 0.550. The van der Waals surface area contributed by atoms with Crippen molar-refractivity contribution in [3.63, 3.8) is 0 Å². The Labute approximate surface area is 154 Å². The summed E-state index contributed by atoms with van der Waals surface area (Å²) in [5.41, 5.74) is 2.29. The van der Waals surface area contributed by atoms with Gasteiger partial charge in [-0.1, -0.05) is 24.9 Å². The standard InChI is InChI=1S/C20H26ClNO3/c1-4-5-8-25-15-6-7-20(11-15)18(23)17(19(24)22-20)16-12(2)9-14(21)10-13(16)3/h9-10,15,23H,4-8,11H2,1-3H3,(H,22,24). The van der Waals surface area contributed by atoms with Gasteiger partial charge in [-0.2, -0.15) is 0 Å². The molecule has 1 aliphatic carbocycles. The monoisotopic (exact) mass is 363 g/mol. The van der Waals surface area contributed by atoms with Crippen LogP contribution in [0.15, 0.2) is 17.9 Å². The minimum absolute atomic E-state index is 0.0840. The third-order valence-electron chi connectivity index (χ3n) is 5.34. The Morgan fingerprint density at radius 3 is 2.68 bits per heavy atom. The van der Waals surface area contributed by atoms with E-state index in [1.165, 1.54) is 0 Å². The summed E-state index contributed by atoms with van der Waals surface area (Å²) >= 11 is 6.11. The summed E-state index contributed by atoms with van der Waals surface area (Å²) in [4.78, 5) is 12.7. The number of rotatable bonds is 5. The van der Waals surface area contributed by atoms with E-state index in [1.807, 2.05) is 26.0 Å². The number of ether oxygens (including phenoxy) is 1. The Balaban J connectivity index is 1.90. The van der Waals surface area contributed by atoms with Crippen LogP contribution in [0.5, 0.6) is 0 Å². The number of amides is 1. The number of halogens is 1. The highest BCUT2D eigenvalue weighted by molar-refractivity contribution is 6.31. The molecule has 1 spiro atoms. The molecule has 2 atom stereocenters. The summed E-state index contributed by atoms with van der Waals surface area (Å²) in [5, 5.41) is 14.7. The van der Waals surface area contributed by atoms with E-state index in [0.29, 0.717) is 23.4 Å². The molecule has 0 aromatic heterocycles. The Bertz CT molecular complexity index is 705. The van der Waals surface area contributed by atoms with Gasteiger partial charge in [0.2, 0.25) is 0 Å². The molecule has 1 amide bonds. The average Bonchev–Trinajstić information content (AvgIpc) is 3.03. The predicted octanol–water partition coefficient (Wildman–Crippen LogP) is 4.46. The van der Waals surface area contributed by atoms with Gasteiger partial charge in [0.15, 0.2) is 0 Å². The number of carbonyl (C=O) groups excluding carboxylic acids is 1. The lowest BCUT2D eigenvalue weighted by Crippen LogP contribution is -2.42. The van der Waals surface area contributed by atoms with Crippen LogP contribution in [0.4, 0.5) is 0 Å². The third-order valence-corrected chi connectivity index (χ3v) is 5.56. The van der Waals surface area contributed by atoms with Crippen molar-refractivity contribution >= 4 is 23.1 Å². The van der Waals surface area contributed by atoms with Gasteiger partial charge in [0.05, 0.1) is 11.7 Å². The van der Waals surface area contributed by atoms with Crippen LogP contribution in [0.3, 0.4) is 0 Å². The molecule has 3 rings (SSSR count). The molecular weight excluding hydrogens is 338 g/mol. The molecular formula is C20H26ClNO3. The van der Waals surface area contributed by atoms with Crippen LogP contribution in [0.1, 0.15) is 55.7 Å². The van der Waals surface area contributed by atoms with Gasteiger partial charge in [-0.3, -0.25) is 4.79 Å². The van der Waals surface area contributed by atoms with Crippen LogP contribution in [0.2, 0.25) is 5.02 Å². The van der Waals surface area contributed by atoms with Crippen molar-refractivity contribution in [1.82, 2.24) is 5.32 Å². The first-order valence-electron chi connectivity index (χ1n) is 9.03. The Hall–Kier alpha value is -1.52. The molecule has 0 radical (unpaired) electrons. The number of hydrogen-bond acceptors (Lipinski definition) is 3.